The van der Waals surface area contributed by atoms with Gasteiger partial charge in [-0.1, -0.05) is 26.8 Å². The number of sulfonamides is 2. The van der Waals surface area contributed by atoms with E-state index in [1.807, 2.05) is 26.8 Å². The van der Waals surface area contributed by atoms with Crippen molar-refractivity contribution in [2.75, 3.05) is 29.4 Å². The molecule has 4 aromatic rings. The van der Waals surface area contributed by atoms with Crippen LogP contribution in [-0.2, 0) is 25.5 Å². The number of benzene rings is 2. The van der Waals surface area contributed by atoms with Crippen LogP contribution in [0.1, 0.15) is 44.2 Å². The Bertz CT molecular complexity index is 1980. The Morgan fingerprint density at radius 1 is 1.02 bits per heavy atom. The third-order valence-electron chi connectivity index (χ3n) is 7.21. The van der Waals surface area contributed by atoms with Crippen molar-refractivity contribution in [3.05, 3.63) is 71.1 Å². The highest BCUT2D eigenvalue weighted by Crippen LogP contribution is 2.42. The SMILES string of the molecule is CC(C)(C)c1nc(-c2cccc(NS(=O)(=O)c3ccc(C#N)cc3)c2F)c(-c2ccnc(NC3CCN(S(C)(=O)=O)CC3)n2)s1. The first-order valence-corrected chi connectivity index (χ1v) is 18.2. The third-order valence-corrected chi connectivity index (χ3v) is 11.4. The molecule has 0 amide bonds. The van der Waals surface area contributed by atoms with E-state index < -0.39 is 25.9 Å². The van der Waals surface area contributed by atoms with Gasteiger partial charge in [-0.05, 0) is 55.3 Å². The standard InChI is InChI=1S/C30H32FN7O4S3/c1-30(2,3)28-36-26(22-6-5-7-23(25(22)31)37-45(41,42)21-10-8-19(18-32)9-11-21)27(43-28)24-12-15-33-29(35-24)34-20-13-16-38(17-14-20)44(4,39)40/h5-12,15,20,37H,13-14,16-17H2,1-4H3,(H,33,34,35). The minimum absolute atomic E-state index is 0.0254. The van der Waals surface area contributed by atoms with Crippen molar-refractivity contribution in [3.8, 4) is 27.9 Å². The lowest BCUT2D eigenvalue weighted by Crippen LogP contribution is -2.42. The second-order valence-corrected chi connectivity index (χ2v) is 16.4. The fourth-order valence-electron chi connectivity index (χ4n) is 4.77. The molecule has 3 heterocycles. The Labute approximate surface area is 266 Å². The zero-order valence-corrected chi connectivity index (χ0v) is 27.5. The highest BCUT2D eigenvalue weighted by Gasteiger charge is 2.28. The van der Waals surface area contributed by atoms with Crippen molar-refractivity contribution >= 4 is 43.0 Å². The van der Waals surface area contributed by atoms with Crippen molar-refractivity contribution in [2.45, 2.75) is 50.0 Å². The van der Waals surface area contributed by atoms with Gasteiger partial charge in [0.15, 0.2) is 5.82 Å². The molecule has 45 heavy (non-hydrogen) atoms. The summed E-state index contributed by atoms with van der Waals surface area (Å²) in [4.78, 5) is 14.4. The molecule has 1 aliphatic rings. The van der Waals surface area contributed by atoms with Crippen molar-refractivity contribution in [1.82, 2.24) is 19.3 Å². The number of nitrogens with one attached hydrogen (secondary N) is 2. The summed E-state index contributed by atoms with van der Waals surface area (Å²) >= 11 is 1.37. The number of halogens is 1. The smallest absolute Gasteiger partial charge is 0.261 e. The first-order chi connectivity index (χ1) is 21.2. The number of aromatic nitrogens is 3. The maximum Gasteiger partial charge on any atom is 0.261 e. The Hall–Kier alpha value is -3.97. The molecule has 5 rings (SSSR count). The van der Waals surface area contributed by atoms with Crippen molar-refractivity contribution in [1.29, 1.82) is 5.26 Å². The fraction of sp³-hybridized carbons (Fsp3) is 0.333. The predicted octanol–water partition coefficient (Wildman–Crippen LogP) is 5.21. The van der Waals surface area contributed by atoms with E-state index in [2.05, 4.69) is 15.0 Å². The van der Waals surface area contributed by atoms with E-state index >= 15 is 4.39 Å². The molecule has 1 fully saturated rings. The lowest BCUT2D eigenvalue weighted by molar-refractivity contribution is 0.331. The van der Waals surface area contributed by atoms with Gasteiger partial charge in [-0.15, -0.1) is 11.3 Å². The van der Waals surface area contributed by atoms with Crippen LogP contribution in [0.15, 0.2) is 59.6 Å². The summed E-state index contributed by atoms with van der Waals surface area (Å²) in [7, 11) is -7.40. The summed E-state index contributed by atoms with van der Waals surface area (Å²) in [5, 5.41) is 13.1. The van der Waals surface area contributed by atoms with Gasteiger partial charge < -0.3 is 5.32 Å². The fourth-order valence-corrected chi connectivity index (χ4v) is 7.81. The van der Waals surface area contributed by atoms with E-state index in [1.165, 1.54) is 58.3 Å². The first kappa shape index (κ1) is 32.4. The molecule has 0 atom stereocenters. The molecule has 2 N–H and O–H groups in total. The van der Waals surface area contributed by atoms with E-state index in [4.69, 9.17) is 15.2 Å². The lowest BCUT2D eigenvalue weighted by Gasteiger charge is -2.30. The largest absolute Gasteiger partial charge is 0.351 e. The summed E-state index contributed by atoms with van der Waals surface area (Å²) in [6, 6.07) is 13.3. The highest BCUT2D eigenvalue weighted by atomic mass is 32.2. The van der Waals surface area contributed by atoms with Crippen LogP contribution in [0, 0.1) is 17.1 Å². The summed E-state index contributed by atoms with van der Waals surface area (Å²) in [6.45, 7) is 6.78. The number of thiazole rings is 1. The van der Waals surface area contributed by atoms with Crippen LogP contribution in [0.3, 0.4) is 0 Å². The molecule has 0 saturated carbocycles. The summed E-state index contributed by atoms with van der Waals surface area (Å²) < 4.78 is 69.8. The van der Waals surface area contributed by atoms with Crippen LogP contribution in [0.5, 0.6) is 0 Å². The van der Waals surface area contributed by atoms with Gasteiger partial charge in [-0.3, -0.25) is 4.72 Å². The number of piperidine rings is 1. The number of nitriles is 1. The van der Waals surface area contributed by atoms with Crippen LogP contribution >= 0.6 is 11.3 Å². The van der Waals surface area contributed by atoms with Crippen LogP contribution in [0.25, 0.3) is 21.8 Å². The Morgan fingerprint density at radius 2 is 1.71 bits per heavy atom. The second-order valence-electron chi connectivity index (χ2n) is 11.7. The number of nitrogens with zero attached hydrogens (tertiary/aromatic N) is 5. The molecular weight excluding hydrogens is 638 g/mol. The molecular formula is C30H32FN7O4S3. The van der Waals surface area contributed by atoms with Crippen molar-refractivity contribution in [2.24, 2.45) is 0 Å². The van der Waals surface area contributed by atoms with Crippen molar-refractivity contribution in [3.63, 3.8) is 0 Å². The number of rotatable bonds is 8. The first-order valence-electron chi connectivity index (χ1n) is 14.0. The summed E-state index contributed by atoms with van der Waals surface area (Å²) in [5.74, 6) is -0.446. The molecule has 0 bridgehead atoms. The molecule has 1 saturated heterocycles. The molecule has 0 unspecified atom stereocenters. The predicted molar refractivity (Wildman–Crippen MR) is 172 cm³/mol. The molecule has 0 radical (unpaired) electrons. The van der Waals surface area contributed by atoms with E-state index in [0.29, 0.717) is 53.7 Å². The second kappa shape index (κ2) is 12.4. The van der Waals surface area contributed by atoms with Gasteiger partial charge in [0.25, 0.3) is 10.0 Å². The van der Waals surface area contributed by atoms with Crippen LogP contribution in [0.2, 0.25) is 0 Å². The van der Waals surface area contributed by atoms with Gasteiger partial charge in [0.2, 0.25) is 16.0 Å². The van der Waals surface area contributed by atoms with E-state index in [9.17, 15) is 16.8 Å². The molecule has 1 aliphatic heterocycles. The zero-order chi connectivity index (χ0) is 32.6. The lowest BCUT2D eigenvalue weighted by atomic mass is 9.98. The summed E-state index contributed by atoms with van der Waals surface area (Å²) in [6.07, 6.45) is 3.98. The molecule has 236 valence electrons. The Balaban J connectivity index is 1.47. The quantitative estimate of drug-likeness (QED) is 0.257. The number of anilines is 2. The van der Waals surface area contributed by atoms with Gasteiger partial charge in [0.1, 0.15) is 0 Å². The molecule has 15 heteroatoms. The van der Waals surface area contributed by atoms with Gasteiger partial charge in [-0.25, -0.2) is 40.5 Å². The van der Waals surface area contributed by atoms with Gasteiger partial charge in [0, 0.05) is 36.3 Å². The molecule has 11 nitrogen and oxygen atoms in total. The third kappa shape index (κ3) is 7.30. The minimum Gasteiger partial charge on any atom is -0.351 e. The monoisotopic (exact) mass is 669 g/mol. The maximum atomic E-state index is 16.1. The molecule has 2 aromatic carbocycles. The van der Waals surface area contributed by atoms with Crippen LogP contribution in [-0.4, -0.2) is 61.5 Å². The van der Waals surface area contributed by atoms with Crippen LogP contribution < -0.4 is 10.0 Å². The molecule has 0 spiro atoms. The average molecular weight is 670 g/mol. The van der Waals surface area contributed by atoms with Gasteiger partial charge >= 0.3 is 0 Å². The number of hydrogen-bond donors (Lipinski definition) is 2. The minimum atomic E-state index is -4.15. The zero-order valence-electron chi connectivity index (χ0n) is 25.1. The van der Waals surface area contributed by atoms with E-state index in [-0.39, 0.29) is 27.6 Å². The van der Waals surface area contributed by atoms with Crippen LogP contribution in [0.4, 0.5) is 16.0 Å². The average Bonchev–Trinajstić information content (AvgIpc) is 3.44. The normalized spacial score (nSPS) is 15.0. The number of hydrogen-bond acceptors (Lipinski definition) is 10. The highest BCUT2D eigenvalue weighted by molar-refractivity contribution is 7.92. The van der Waals surface area contributed by atoms with Gasteiger partial charge in [-0.2, -0.15) is 5.26 Å². The Kier molecular flexibility index (Phi) is 8.96. The maximum absolute atomic E-state index is 16.1. The molecule has 2 aromatic heterocycles. The topological polar surface area (TPSA) is 158 Å². The molecule has 0 aliphatic carbocycles. The van der Waals surface area contributed by atoms with Crippen molar-refractivity contribution < 1.29 is 21.2 Å². The van der Waals surface area contributed by atoms with E-state index in [0.717, 1.165) is 5.01 Å². The summed E-state index contributed by atoms with van der Waals surface area (Å²) in [5.41, 5.74) is 0.592. The van der Waals surface area contributed by atoms with Gasteiger partial charge in [0.05, 0.1) is 49.7 Å². The Morgan fingerprint density at radius 3 is 2.33 bits per heavy atom. The van der Waals surface area contributed by atoms with E-state index in [1.54, 1.807) is 18.3 Å².